The summed E-state index contributed by atoms with van der Waals surface area (Å²) in [4.78, 5) is 24.6. The van der Waals surface area contributed by atoms with E-state index >= 15 is 0 Å². The number of anilines is 1. The molecule has 172 valence electrons. The maximum Gasteiger partial charge on any atom is 0.416 e. The standard InChI is InChI=1S/C24H20F4N2O3/c25-19-6-2-3-7-20(19)30-22(31)15-33-21-8-4-1-5-18(21)23(32)29-14-13-16-9-11-17(12-10-16)24(26,27)28/h1-12H,13-15H2,(H,29,32)(H,30,31). The fraction of sp³-hybridized carbons (Fsp3) is 0.167. The minimum Gasteiger partial charge on any atom is -0.483 e. The Morgan fingerprint density at radius 3 is 2.24 bits per heavy atom. The number of hydrogen-bond acceptors (Lipinski definition) is 3. The van der Waals surface area contributed by atoms with E-state index in [9.17, 15) is 27.2 Å². The molecular formula is C24H20F4N2O3. The quantitative estimate of drug-likeness (QED) is 0.473. The van der Waals surface area contributed by atoms with Crippen molar-refractivity contribution in [2.24, 2.45) is 0 Å². The Labute approximate surface area is 187 Å². The smallest absolute Gasteiger partial charge is 0.416 e. The van der Waals surface area contributed by atoms with Crippen LogP contribution in [0.2, 0.25) is 0 Å². The zero-order valence-corrected chi connectivity index (χ0v) is 17.3. The molecule has 0 atom stereocenters. The molecule has 0 unspecified atom stereocenters. The van der Waals surface area contributed by atoms with Crippen LogP contribution in [-0.4, -0.2) is 25.0 Å². The zero-order valence-electron chi connectivity index (χ0n) is 17.3. The first kappa shape index (κ1) is 23.8. The van der Waals surface area contributed by atoms with Gasteiger partial charge < -0.3 is 15.4 Å². The van der Waals surface area contributed by atoms with Gasteiger partial charge in [-0.25, -0.2) is 4.39 Å². The molecule has 33 heavy (non-hydrogen) atoms. The Morgan fingerprint density at radius 1 is 0.879 bits per heavy atom. The molecule has 0 fully saturated rings. The maximum absolute atomic E-state index is 13.6. The second kappa shape index (κ2) is 10.6. The van der Waals surface area contributed by atoms with Crippen molar-refractivity contribution in [3.63, 3.8) is 0 Å². The maximum atomic E-state index is 13.6. The molecule has 3 aromatic rings. The van der Waals surface area contributed by atoms with E-state index in [2.05, 4.69) is 10.6 Å². The van der Waals surface area contributed by atoms with Crippen molar-refractivity contribution < 1.29 is 31.9 Å². The fourth-order valence-electron chi connectivity index (χ4n) is 2.95. The van der Waals surface area contributed by atoms with Crippen LogP contribution in [0.4, 0.5) is 23.2 Å². The molecule has 0 radical (unpaired) electrons. The van der Waals surface area contributed by atoms with Gasteiger partial charge in [-0.3, -0.25) is 9.59 Å². The highest BCUT2D eigenvalue weighted by Crippen LogP contribution is 2.29. The van der Waals surface area contributed by atoms with Crippen LogP contribution in [0, 0.1) is 5.82 Å². The van der Waals surface area contributed by atoms with Crippen molar-refractivity contribution in [2.45, 2.75) is 12.6 Å². The van der Waals surface area contributed by atoms with Crippen LogP contribution in [0.15, 0.2) is 72.8 Å². The van der Waals surface area contributed by atoms with E-state index in [0.717, 1.165) is 12.1 Å². The zero-order chi connectivity index (χ0) is 23.8. The Hall–Kier alpha value is -3.88. The van der Waals surface area contributed by atoms with E-state index in [4.69, 9.17) is 4.74 Å². The van der Waals surface area contributed by atoms with Crippen LogP contribution < -0.4 is 15.4 Å². The van der Waals surface area contributed by atoms with Crippen molar-refractivity contribution >= 4 is 17.5 Å². The molecule has 0 aromatic heterocycles. The minimum atomic E-state index is -4.40. The third-order valence-electron chi connectivity index (χ3n) is 4.62. The Morgan fingerprint density at radius 2 is 1.55 bits per heavy atom. The summed E-state index contributed by atoms with van der Waals surface area (Å²) in [5.41, 5.74) is 0.0991. The largest absolute Gasteiger partial charge is 0.483 e. The van der Waals surface area contributed by atoms with Crippen LogP contribution in [0.1, 0.15) is 21.5 Å². The predicted octanol–water partition coefficient (Wildman–Crippen LogP) is 4.83. The number of halogens is 4. The first-order valence-electron chi connectivity index (χ1n) is 9.94. The van der Waals surface area contributed by atoms with Crippen LogP contribution in [0.3, 0.4) is 0 Å². The van der Waals surface area contributed by atoms with E-state index in [1.807, 2.05) is 0 Å². The van der Waals surface area contributed by atoms with Crippen molar-refractivity contribution in [3.8, 4) is 5.75 Å². The first-order valence-corrected chi connectivity index (χ1v) is 9.94. The lowest BCUT2D eigenvalue weighted by atomic mass is 10.1. The van der Waals surface area contributed by atoms with E-state index in [-0.39, 0.29) is 23.5 Å². The molecule has 2 N–H and O–H groups in total. The molecule has 0 heterocycles. The molecule has 0 aliphatic carbocycles. The average molecular weight is 460 g/mol. The topological polar surface area (TPSA) is 67.4 Å². The highest BCUT2D eigenvalue weighted by molar-refractivity contribution is 5.97. The van der Waals surface area contributed by atoms with E-state index < -0.39 is 36.0 Å². The minimum absolute atomic E-state index is 0.0143. The molecule has 0 saturated carbocycles. The number of carbonyl (C=O) groups excluding carboxylic acids is 2. The van der Waals surface area contributed by atoms with Crippen LogP contribution in [0.5, 0.6) is 5.75 Å². The number of amides is 2. The SMILES string of the molecule is O=C(COc1ccccc1C(=O)NCCc1ccc(C(F)(F)F)cc1)Nc1ccccc1F. The molecule has 0 aliphatic rings. The first-order chi connectivity index (χ1) is 15.7. The Bertz CT molecular complexity index is 1120. The lowest BCUT2D eigenvalue weighted by Crippen LogP contribution is -2.27. The fourth-order valence-corrected chi connectivity index (χ4v) is 2.95. The molecule has 3 rings (SSSR count). The molecule has 9 heteroatoms. The number of hydrogen-bond donors (Lipinski definition) is 2. The summed E-state index contributed by atoms with van der Waals surface area (Å²) in [5, 5.41) is 5.06. The Balaban J connectivity index is 1.53. The molecule has 0 spiro atoms. The van der Waals surface area contributed by atoms with Gasteiger partial charge in [-0.15, -0.1) is 0 Å². The number of carbonyl (C=O) groups is 2. The van der Waals surface area contributed by atoms with Gasteiger partial charge in [-0.1, -0.05) is 36.4 Å². The summed E-state index contributed by atoms with van der Waals surface area (Å²) in [5.74, 6) is -1.49. The van der Waals surface area contributed by atoms with E-state index in [0.29, 0.717) is 12.0 Å². The van der Waals surface area contributed by atoms with Crippen LogP contribution >= 0.6 is 0 Å². The van der Waals surface area contributed by atoms with Gasteiger partial charge in [0.1, 0.15) is 11.6 Å². The number of ether oxygens (including phenoxy) is 1. The molecule has 0 saturated heterocycles. The van der Waals surface area contributed by atoms with Gasteiger partial charge in [0.05, 0.1) is 16.8 Å². The molecule has 0 aliphatic heterocycles. The van der Waals surface area contributed by atoms with Crippen molar-refractivity contribution in [1.82, 2.24) is 5.32 Å². The van der Waals surface area contributed by atoms with Gasteiger partial charge in [0.25, 0.3) is 11.8 Å². The van der Waals surface area contributed by atoms with Crippen molar-refractivity contribution in [2.75, 3.05) is 18.5 Å². The molecule has 2 amide bonds. The summed E-state index contributed by atoms with van der Waals surface area (Å²) in [6.07, 6.45) is -4.07. The van der Waals surface area contributed by atoms with Crippen LogP contribution in [0.25, 0.3) is 0 Å². The lowest BCUT2D eigenvalue weighted by molar-refractivity contribution is -0.137. The molecule has 3 aromatic carbocycles. The van der Waals surface area contributed by atoms with Gasteiger partial charge in [-0.2, -0.15) is 13.2 Å². The summed E-state index contributed by atoms with van der Waals surface area (Å²) >= 11 is 0. The highest BCUT2D eigenvalue weighted by Gasteiger charge is 2.29. The Kier molecular flexibility index (Phi) is 7.66. The third-order valence-corrected chi connectivity index (χ3v) is 4.62. The normalized spacial score (nSPS) is 11.0. The predicted molar refractivity (Wildman–Crippen MR) is 114 cm³/mol. The summed E-state index contributed by atoms with van der Waals surface area (Å²) in [7, 11) is 0. The molecular weight excluding hydrogens is 440 g/mol. The van der Waals surface area contributed by atoms with E-state index in [1.54, 1.807) is 18.2 Å². The lowest BCUT2D eigenvalue weighted by Gasteiger charge is -2.12. The molecule has 5 nitrogen and oxygen atoms in total. The summed E-state index contributed by atoms with van der Waals surface area (Å²) in [6.45, 7) is -0.253. The second-order valence-corrected chi connectivity index (χ2v) is 7.01. The number of nitrogens with one attached hydrogen (secondary N) is 2. The number of alkyl halides is 3. The average Bonchev–Trinajstić information content (AvgIpc) is 2.79. The van der Waals surface area contributed by atoms with Gasteiger partial charge in [-0.05, 0) is 48.4 Å². The van der Waals surface area contributed by atoms with Gasteiger partial charge >= 0.3 is 6.18 Å². The summed E-state index contributed by atoms with van der Waals surface area (Å²) < 4.78 is 57.0. The van der Waals surface area contributed by atoms with E-state index in [1.165, 1.54) is 42.5 Å². The second-order valence-electron chi connectivity index (χ2n) is 7.01. The van der Waals surface area contributed by atoms with Gasteiger partial charge in [0.15, 0.2) is 6.61 Å². The highest BCUT2D eigenvalue weighted by atomic mass is 19.4. The number of para-hydroxylation sites is 2. The molecule has 0 bridgehead atoms. The van der Waals surface area contributed by atoms with Gasteiger partial charge in [0.2, 0.25) is 0 Å². The van der Waals surface area contributed by atoms with Crippen molar-refractivity contribution in [1.29, 1.82) is 0 Å². The number of rotatable bonds is 8. The van der Waals surface area contributed by atoms with Crippen LogP contribution in [-0.2, 0) is 17.4 Å². The summed E-state index contributed by atoms with van der Waals surface area (Å²) in [6, 6.07) is 16.7. The number of benzene rings is 3. The van der Waals surface area contributed by atoms with Crippen molar-refractivity contribution in [3.05, 3.63) is 95.3 Å². The monoisotopic (exact) mass is 460 g/mol. The van der Waals surface area contributed by atoms with Gasteiger partial charge in [0, 0.05) is 6.54 Å². The third kappa shape index (κ3) is 6.80.